The Morgan fingerprint density at radius 1 is 1.26 bits per heavy atom. The van der Waals surface area contributed by atoms with Gasteiger partial charge in [0.2, 0.25) is 0 Å². The number of carboxylic acids is 1. The highest BCUT2D eigenvalue weighted by Gasteiger charge is 2.32. The number of benzene rings is 2. The number of nitrogens with zero attached hydrogens (tertiary/aromatic N) is 1. The van der Waals surface area contributed by atoms with Gasteiger partial charge < -0.3 is 10.8 Å². The zero-order valence-corrected chi connectivity index (χ0v) is 13.5. The number of hydrogen-bond donors (Lipinski definition) is 2. The minimum absolute atomic E-state index is 0.237. The molecule has 4 heteroatoms. The van der Waals surface area contributed by atoms with Gasteiger partial charge in [-0.05, 0) is 48.4 Å². The van der Waals surface area contributed by atoms with Gasteiger partial charge in [-0.1, -0.05) is 30.3 Å². The molecule has 1 aliphatic rings. The van der Waals surface area contributed by atoms with Crippen molar-refractivity contribution in [1.29, 1.82) is 0 Å². The van der Waals surface area contributed by atoms with Crippen LogP contribution < -0.4 is 5.73 Å². The van der Waals surface area contributed by atoms with E-state index >= 15 is 0 Å². The number of likely N-dealkylation sites (N-methyl/N-ethyl adjacent to an activating group) is 1. The summed E-state index contributed by atoms with van der Waals surface area (Å²) in [7, 11) is 2.10. The van der Waals surface area contributed by atoms with Gasteiger partial charge in [0.05, 0.1) is 5.56 Å². The van der Waals surface area contributed by atoms with Crippen molar-refractivity contribution < 1.29 is 9.90 Å². The Morgan fingerprint density at radius 3 is 2.57 bits per heavy atom. The first-order chi connectivity index (χ1) is 11.0. The monoisotopic (exact) mass is 310 g/mol. The summed E-state index contributed by atoms with van der Waals surface area (Å²) >= 11 is 0. The number of carboxylic acid groups (broad SMARTS) is 1. The lowest BCUT2D eigenvalue weighted by Gasteiger charge is -2.40. The maximum Gasteiger partial charge on any atom is 0.335 e. The number of aryl methyl sites for hydroxylation is 1. The molecule has 3 N–H and O–H groups in total. The SMILES string of the molecule is Cc1cccc2c1C(CN)N(C)CC2c1ccc(C(=O)O)cc1. The van der Waals surface area contributed by atoms with Gasteiger partial charge in [-0.25, -0.2) is 4.79 Å². The van der Waals surface area contributed by atoms with E-state index in [2.05, 4.69) is 37.1 Å². The Hall–Kier alpha value is -2.17. The summed E-state index contributed by atoms with van der Waals surface area (Å²) in [6, 6.07) is 13.9. The fourth-order valence-electron chi connectivity index (χ4n) is 3.64. The highest BCUT2D eigenvalue weighted by molar-refractivity contribution is 5.87. The van der Waals surface area contributed by atoms with Crippen molar-refractivity contribution in [2.75, 3.05) is 20.1 Å². The van der Waals surface area contributed by atoms with Crippen molar-refractivity contribution in [1.82, 2.24) is 4.90 Å². The van der Waals surface area contributed by atoms with Crippen molar-refractivity contribution in [2.24, 2.45) is 5.73 Å². The molecule has 23 heavy (non-hydrogen) atoms. The second-order valence-electron chi connectivity index (χ2n) is 6.25. The molecule has 2 aromatic carbocycles. The Balaban J connectivity index is 2.07. The van der Waals surface area contributed by atoms with E-state index in [0.29, 0.717) is 12.1 Å². The third-order valence-electron chi connectivity index (χ3n) is 4.85. The van der Waals surface area contributed by atoms with Crippen LogP contribution in [0.15, 0.2) is 42.5 Å². The van der Waals surface area contributed by atoms with E-state index in [0.717, 1.165) is 12.1 Å². The van der Waals surface area contributed by atoms with Crippen molar-refractivity contribution in [2.45, 2.75) is 18.9 Å². The number of rotatable bonds is 3. The minimum atomic E-state index is -0.892. The molecule has 0 fully saturated rings. The van der Waals surface area contributed by atoms with Crippen molar-refractivity contribution in [3.8, 4) is 0 Å². The van der Waals surface area contributed by atoms with Crippen LogP contribution in [-0.2, 0) is 0 Å². The molecule has 0 spiro atoms. The van der Waals surface area contributed by atoms with E-state index in [1.165, 1.54) is 16.7 Å². The fraction of sp³-hybridized carbons (Fsp3) is 0.316. The molecule has 0 aliphatic carbocycles. The number of hydrogen-bond acceptors (Lipinski definition) is 3. The van der Waals surface area contributed by atoms with Gasteiger partial charge in [0, 0.05) is 25.0 Å². The topological polar surface area (TPSA) is 66.6 Å². The van der Waals surface area contributed by atoms with Crippen LogP contribution >= 0.6 is 0 Å². The summed E-state index contributed by atoms with van der Waals surface area (Å²) in [6.07, 6.45) is 0. The van der Waals surface area contributed by atoms with Gasteiger partial charge in [-0.15, -0.1) is 0 Å². The van der Waals surface area contributed by atoms with Crippen LogP contribution in [0, 0.1) is 6.92 Å². The molecule has 2 aromatic rings. The fourth-order valence-corrected chi connectivity index (χ4v) is 3.64. The van der Waals surface area contributed by atoms with Crippen molar-refractivity contribution in [3.05, 3.63) is 70.3 Å². The van der Waals surface area contributed by atoms with Crippen LogP contribution in [0.3, 0.4) is 0 Å². The molecule has 0 aromatic heterocycles. The van der Waals surface area contributed by atoms with Crippen molar-refractivity contribution in [3.63, 3.8) is 0 Å². The van der Waals surface area contributed by atoms with Gasteiger partial charge >= 0.3 is 5.97 Å². The Morgan fingerprint density at radius 2 is 1.96 bits per heavy atom. The first-order valence-electron chi connectivity index (χ1n) is 7.86. The zero-order valence-electron chi connectivity index (χ0n) is 13.5. The third-order valence-corrected chi connectivity index (χ3v) is 4.85. The number of fused-ring (bicyclic) bond motifs is 1. The second kappa shape index (κ2) is 6.14. The molecule has 0 saturated heterocycles. The first-order valence-corrected chi connectivity index (χ1v) is 7.86. The molecule has 4 nitrogen and oxygen atoms in total. The smallest absolute Gasteiger partial charge is 0.335 e. The highest BCUT2D eigenvalue weighted by atomic mass is 16.4. The predicted octanol–water partition coefficient (Wildman–Crippen LogP) is 2.77. The summed E-state index contributed by atoms with van der Waals surface area (Å²) in [6.45, 7) is 3.61. The lowest BCUT2D eigenvalue weighted by molar-refractivity contribution is 0.0697. The summed E-state index contributed by atoms with van der Waals surface area (Å²) in [5.41, 5.74) is 11.4. The average Bonchev–Trinajstić information content (AvgIpc) is 2.55. The molecule has 0 amide bonds. The quantitative estimate of drug-likeness (QED) is 0.915. The zero-order chi connectivity index (χ0) is 16.6. The van der Waals surface area contributed by atoms with Gasteiger partial charge in [0.1, 0.15) is 0 Å². The second-order valence-corrected chi connectivity index (χ2v) is 6.25. The lowest BCUT2D eigenvalue weighted by Crippen LogP contribution is -2.39. The number of aromatic carboxylic acids is 1. The maximum absolute atomic E-state index is 11.0. The standard InChI is InChI=1S/C19H22N2O2/c1-12-4-3-5-15-16(11-21(2)17(10-20)18(12)15)13-6-8-14(9-7-13)19(22)23/h3-9,16-17H,10-11,20H2,1-2H3,(H,22,23). The van der Waals surface area contributed by atoms with E-state index in [1.54, 1.807) is 12.1 Å². The Kier molecular flexibility index (Phi) is 4.20. The largest absolute Gasteiger partial charge is 0.478 e. The highest BCUT2D eigenvalue weighted by Crippen LogP contribution is 2.39. The lowest BCUT2D eigenvalue weighted by atomic mass is 9.79. The molecule has 0 bridgehead atoms. The van der Waals surface area contributed by atoms with Crippen LogP contribution in [0.25, 0.3) is 0 Å². The van der Waals surface area contributed by atoms with Gasteiger partial charge in [0.15, 0.2) is 0 Å². The molecule has 0 radical (unpaired) electrons. The molecule has 120 valence electrons. The molecule has 2 atom stereocenters. The first kappa shape index (κ1) is 15.7. The average molecular weight is 310 g/mol. The number of carbonyl (C=O) groups is 1. The molecular weight excluding hydrogens is 288 g/mol. The van der Waals surface area contributed by atoms with Crippen LogP contribution in [0.5, 0.6) is 0 Å². The van der Waals surface area contributed by atoms with E-state index in [-0.39, 0.29) is 12.0 Å². The van der Waals surface area contributed by atoms with E-state index < -0.39 is 5.97 Å². The Bertz CT molecular complexity index is 725. The summed E-state index contributed by atoms with van der Waals surface area (Å²) in [4.78, 5) is 13.3. The van der Waals surface area contributed by atoms with Gasteiger partial charge in [-0.3, -0.25) is 4.90 Å². The molecule has 2 unspecified atom stereocenters. The van der Waals surface area contributed by atoms with Gasteiger partial charge in [0.25, 0.3) is 0 Å². The number of nitrogens with two attached hydrogens (primary N) is 1. The van der Waals surface area contributed by atoms with E-state index in [4.69, 9.17) is 10.8 Å². The molecule has 3 rings (SSSR count). The van der Waals surface area contributed by atoms with E-state index in [1.807, 2.05) is 12.1 Å². The van der Waals surface area contributed by atoms with Crippen LogP contribution in [-0.4, -0.2) is 36.1 Å². The molecule has 1 aliphatic heterocycles. The maximum atomic E-state index is 11.0. The van der Waals surface area contributed by atoms with Crippen LogP contribution in [0.2, 0.25) is 0 Å². The van der Waals surface area contributed by atoms with E-state index in [9.17, 15) is 4.79 Å². The summed E-state index contributed by atoms with van der Waals surface area (Å²) in [5.74, 6) is -0.655. The molecule has 1 heterocycles. The van der Waals surface area contributed by atoms with Crippen LogP contribution in [0.1, 0.15) is 44.6 Å². The molecular formula is C19H22N2O2. The minimum Gasteiger partial charge on any atom is -0.478 e. The predicted molar refractivity (Wildman–Crippen MR) is 90.8 cm³/mol. The van der Waals surface area contributed by atoms with Crippen molar-refractivity contribution >= 4 is 5.97 Å². The Labute approximate surface area is 136 Å². The molecule has 0 saturated carbocycles. The van der Waals surface area contributed by atoms with Crippen LogP contribution in [0.4, 0.5) is 0 Å². The normalized spacial score (nSPS) is 21.0. The van der Waals surface area contributed by atoms with Gasteiger partial charge in [-0.2, -0.15) is 0 Å². The summed E-state index contributed by atoms with van der Waals surface area (Å²) < 4.78 is 0. The third kappa shape index (κ3) is 2.76. The summed E-state index contributed by atoms with van der Waals surface area (Å²) in [5, 5.41) is 9.07.